The fourth-order valence-electron chi connectivity index (χ4n) is 7.63. The van der Waals surface area contributed by atoms with Gasteiger partial charge >= 0.3 is 0 Å². The van der Waals surface area contributed by atoms with Crippen molar-refractivity contribution in [3.05, 3.63) is 170 Å². The Labute approximate surface area is 266 Å². The molecule has 10 rings (SSSR count). The molecular formula is C44H28N2. The summed E-state index contributed by atoms with van der Waals surface area (Å²) in [4.78, 5) is 0. The van der Waals surface area contributed by atoms with Crippen molar-refractivity contribution in [2.75, 3.05) is 0 Å². The third-order valence-electron chi connectivity index (χ3n) is 9.63. The molecule has 46 heavy (non-hydrogen) atoms. The van der Waals surface area contributed by atoms with Crippen LogP contribution in [0.3, 0.4) is 0 Å². The highest BCUT2D eigenvalue weighted by Gasteiger charge is 2.22. The van der Waals surface area contributed by atoms with Gasteiger partial charge in [-0.15, -0.1) is 0 Å². The van der Waals surface area contributed by atoms with E-state index >= 15 is 0 Å². The van der Waals surface area contributed by atoms with Gasteiger partial charge in [-0.25, -0.2) is 0 Å². The van der Waals surface area contributed by atoms with E-state index in [0.717, 1.165) is 11.4 Å². The van der Waals surface area contributed by atoms with Crippen molar-refractivity contribution in [2.24, 2.45) is 0 Å². The van der Waals surface area contributed by atoms with Crippen LogP contribution in [0.25, 0.3) is 87.7 Å². The molecule has 2 heteroatoms. The number of nitrogens with zero attached hydrogens (tertiary/aromatic N) is 2. The number of hydrogen-bond acceptors (Lipinski definition) is 0. The van der Waals surface area contributed by atoms with Crippen molar-refractivity contribution < 1.29 is 0 Å². The van der Waals surface area contributed by atoms with Crippen molar-refractivity contribution in [3.8, 4) is 22.5 Å². The monoisotopic (exact) mass is 584 g/mol. The summed E-state index contributed by atoms with van der Waals surface area (Å²) in [5, 5.41) is 10.00. The fraction of sp³-hybridized carbons (Fsp3) is 0. The topological polar surface area (TPSA) is 9.86 Å². The van der Waals surface area contributed by atoms with Crippen molar-refractivity contribution in [1.29, 1.82) is 0 Å². The molecule has 0 atom stereocenters. The lowest BCUT2D eigenvalue weighted by molar-refractivity contribution is 1.15. The van der Waals surface area contributed by atoms with E-state index < -0.39 is 0 Å². The standard InChI is InChI=1S/C44H28N2/c1-3-13-29(14-4-1)39-28-34(25-32-17-9-10-20-35(32)39)46-42-27-31-16-8-7-15-30(31)26-40(42)38-24-23-37-36-21-11-12-22-41(36)45(43(37)44(38)46)33-18-5-2-6-19-33/h1-28H. The number of fused-ring (bicyclic) bond motifs is 9. The van der Waals surface area contributed by atoms with E-state index in [9.17, 15) is 0 Å². The van der Waals surface area contributed by atoms with Gasteiger partial charge in [0.1, 0.15) is 0 Å². The third-order valence-corrected chi connectivity index (χ3v) is 9.63. The lowest BCUT2D eigenvalue weighted by atomic mass is 9.97. The molecule has 0 bridgehead atoms. The predicted octanol–water partition coefficient (Wildman–Crippen LogP) is 11.9. The smallest absolute Gasteiger partial charge is 0.0788 e. The molecule has 0 N–H and O–H groups in total. The highest BCUT2D eigenvalue weighted by atomic mass is 15.0. The molecule has 0 unspecified atom stereocenters. The highest BCUT2D eigenvalue weighted by Crippen LogP contribution is 2.43. The molecule has 8 aromatic carbocycles. The van der Waals surface area contributed by atoms with Crippen molar-refractivity contribution in [1.82, 2.24) is 9.13 Å². The molecule has 2 nitrogen and oxygen atoms in total. The first-order chi connectivity index (χ1) is 22.8. The predicted molar refractivity (Wildman–Crippen MR) is 196 cm³/mol. The minimum atomic E-state index is 1.16. The van der Waals surface area contributed by atoms with Gasteiger partial charge in [-0.05, 0) is 75.1 Å². The first kappa shape index (κ1) is 25.2. The van der Waals surface area contributed by atoms with Crippen LogP contribution in [-0.4, -0.2) is 9.13 Å². The molecule has 2 heterocycles. The van der Waals surface area contributed by atoms with Crippen LogP contribution >= 0.6 is 0 Å². The number of aromatic nitrogens is 2. The Kier molecular flexibility index (Phi) is 5.31. The van der Waals surface area contributed by atoms with Crippen molar-refractivity contribution in [2.45, 2.75) is 0 Å². The maximum absolute atomic E-state index is 2.52. The normalized spacial score (nSPS) is 11.9. The number of benzene rings is 8. The number of hydrogen-bond donors (Lipinski definition) is 0. The molecule has 10 aromatic rings. The number of para-hydroxylation sites is 2. The molecule has 2 aromatic heterocycles. The van der Waals surface area contributed by atoms with E-state index in [0.29, 0.717) is 0 Å². The van der Waals surface area contributed by atoms with Gasteiger partial charge in [0.2, 0.25) is 0 Å². The maximum atomic E-state index is 2.52. The Morgan fingerprint density at radius 3 is 1.63 bits per heavy atom. The molecule has 214 valence electrons. The van der Waals surface area contributed by atoms with Crippen LogP contribution in [0, 0.1) is 0 Å². The SMILES string of the molecule is c1ccc(-c2cc(-n3c4cc5ccccc5cc4c4ccc5c6ccccc6n(-c6ccccc6)c5c43)cc3ccccc23)cc1. The summed E-state index contributed by atoms with van der Waals surface area (Å²) in [5.74, 6) is 0. The molecule has 0 aliphatic rings. The molecule has 0 saturated heterocycles. The Bertz CT molecular complexity index is 2780. The van der Waals surface area contributed by atoms with Crippen LogP contribution in [0.4, 0.5) is 0 Å². The third kappa shape index (κ3) is 3.59. The molecule has 0 aliphatic heterocycles. The van der Waals surface area contributed by atoms with Crippen LogP contribution in [-0.2, 0) is 0 Å². The van der Waals surface area contributed by atoms with Gasteiger partial charge in [0.05, 0.1) is 22.1 Å². The quantitative estimate of drug-likeness (QED) is 0.195. The summed E-state index contributed by atoms with van der Waals surface area (Å²) in [6.07, 6.45) is 0. The van der Waals surface area contributed by atoms with Gasteiger partial charge in [0.15, 0.2) is 0 Å². The first-order valence-electron chi connectivity index (χ1n) is 15.9. The summed E-state index contributed by atoms with van der Waals surface area (Å²) in [7, 11) is 0. The molecule has 0 radical (unpaired) electrons. The summed E-state index contributed by atoms with van der Waals surface area (Å²) >= 11 is 0. The Morgan fingerprint density at radius 1 is 0.304 bits per heavy atom. The van der Waals surface area contributed by atoms with Gasteiger partial charge in [0, 0.05) is 32.9 Å². The molecular weight excluding hydrogens is 556 g/mol. The van der Waals surface area contributed by atoms with Crippen LogP contribution < -0.4 is 0 Å². The second-order valence-corrected chi connectivity index (χ2v) is 12.2. The van der Waals surface area contributed by atoms with Gasteiger partial charge in [-0.2, -0.15) is 0 Å². The van der Waals surface area contributed by atoms with Gasteiger partial charge < -0.3 is 9.13 Å². The second-order valence-electron chi connectivity index (χ2n) is 12.2. The van der Waals surface area contributed by atoms with E-state index in [1.54, 1.807) is 0 Å². The van der Waals surface area contributed by atoms with E-state index in [2.05, 4.69) is 179 Å². The minimum absolute atomic E-state index is 1.16. The van der Waals surface area contributed by atoms with Gasteiger partial charge in [0.25, 0.3) is 0 Å². The molecule has 0 fully saturated rings. The average molecular weight is 585 g/mol. The van der Waals surface area contributed by atoms with E-state index in [1.165, 1.54) is 76.3 Å². The summed E-state index contributed by atoms with van der Waals surface area (Å²) < 4.78 is 4.98. The molecule has 0 spiro atoms. The average Bonchev–Trinajstić information content (AvgIpc) is 3.63. The summed E-state index contributed by atoms with van der Waals surface area (Å²) in [5.41, 5.74) is 9.63. The highest BCUT2D eigenvalue weighted by molar-refractivity contribution is 6.25. The van der Waals surface area contributed by atoms with Gasteiger partial charge in [-0.1, -0.05) is 127 Å². The summed E-state index contributed by atoms with van der Waals surface area (Å²) in [6.45, 7) is 0. The molecule has 0 saturated carbocycles. The zero-order chi connectivity index (χ0) is 30.2. The maximum Gasteiger partial charge on any atom is 0.0788 e. The minimum Gasteiger partial charge on any atom is -0.307 e. The van der Waals surface area contributed by atoms with Crippen LogP contribution in [0.2, 0.25) is 0 Å². The first-order valence-corrected chi connectivity index (χ1v) is 15.9. The Morgan fingerprint density at radius 2 is 0.870 bits per heavy atom. The van der Waals surface area contributed by atoms with Crippen LogP contribution in [0.5, 0.6) is 0 Å². The van der Waals surface area contributed by atoms with E-state index in [-0.39, 0.29) is 0 Å². The number of rotatable bonds is 3. The second kappa shape index (κ2) is 9.69. The molecule has 0 aliphatic carbocycles. The lowest BCUT2D eigenvalue weighted by Crippen LogP contribution is -1.99. The van der Waals surface area contributed by atoms with E-state index in [1.807, 2.05) is 0 Å². The van der Waals surface area contributed by atoms with Crippen LogP contribution in [0.1, 0.15) is 0 Å². The van der Waals surface area contributed by atoms with E-state index in [4.69, 9.17) is 0 Å². The van der Waals surface area contributed by atoms with Gasteiger partial charge in [-0.3, -0.25) is 0 Å². The largest absolute Gasteiger partial charge is 0.307 e. The van der Waals surface area contributed by atoms with Crippen molar-refractivity contribution in [3.63, 3.8) is 0 Å². The lowest BCUT2D eigenvalue weighted by Gasteiger charge is -2.16. The Hall–Kier alpha value is -6.12. The van der Waals surface area contributed by atoms with Crippen LogP contribution in [0.15, 0.2) is 170 Å². The summed E-state index contributed by atoms with van der Waals surface area (Å²) in [6, 6.07) is 62.1. The zero-order valence-corrected chi connectivity index (χ0v) is 25.1. The fourth-order valence-corrected chi connectivity index (χ4v) is 7.63. The van der Waals surface area contributed by atoms with Crippen molar-refractivity contribution >= 4 is 65.2 Å². The Balaban J connectivity index is 1.46. The zero-order valence-electron chi connectivity index (χ0n) is 25.1. The molecule has 0 amide bonds.